The first-order valence-electron chi connectivity index (χ1n) is 9.21. The van der Waals surface area contributed by atoms with Crippen molar-refractivity contribution in [1.82, 2.24) is 15.2 Å². The van der Waals surface area contributed by atoms with Crippen LogP contribution in [-0.4, -0.2) is 47.4 Å². The van der Waals surface area contributed by atoms with E-state index in [2.05, 4.69) is 23.2 Å². The Kier molecular flexibility index (Phi) is 4.89. The van der Waals surface area contributed by atoms with Gasteiger partial charge in [0.1, 0.15) is 21.9 Å². The van der Waals surface area contributed by atoms with Crippen LogP contribution in [0.5, 0.6) is 0 Å². The molecular formula is C19H23FN4OS. The number of aromatic nitrogens is 1. The number of amides is 1. The predicted octanol–water partition coefficient (Wildman–Crippen LogP) is 3.34. The van der Waals surface area contributed by atoms with Gasteiger partial charge in [-0.15, -0.1) is 11.3 Å². The molecule has 7 heteroatoms. The lowest BCUT2D eigenvalue weighted by atomic mass is 10.0. The molecule has 4 heterocycles. The first-order valence-corrected chi connectivity index (χ1v) is 10.0. The van der Waals surface area contributed by atoms with Gasteiger partial charge < -0.3 is 10.2 Å². The van der Waals surface area contributed by atoms with E-state index >= 15 is 0 Å². The number of piperidine rings is 1. The van der Waals surface area contributed by atoms with Gasteiger partial charge in [-0.05, 0) is 38.7 Å². The summed E-state index contributed by atoms with van der Waals surface area (Å²) >= 11 is 1.46. The van der Waals surface area contributed by atoms with Crippen molar-refractivity contribution in [3.8, 4) is 0 Å². The number of nitrogens with zero attached hydrogens (tertiary/aromatic N) is 3. The number of likely N-dealkylation sites (tertiary alicyclic amines) is 1. The molecule has 4 rings (SSSR count). The van der Waals surface area contributed by atoms with E-state index in [9.17, 15) is 9.18 Å². The molecule has 0 saturated carbocycles. The second-order valence-corrected chi connectivity index (χ2v) is 8.09. The SMILES string of the molecule is C/C1=C/C(N2CCC(F)CC2)=N/C=C(/c2nc3c(s2)C(=O)NCC3)CC1. The third-order valence-corrected chi connectivity index (χ3v) is 6.26. The monoisotopic (exact) mass is 374 g/mol. The Labute approximate surface area is 156 Å². The molecule has 1 aromatic rings. The Hall–Kier alpha value is -2.02. The standard InChI is InChI=1S/C19H23FN4OS/c1-12-2-3-13(19-23-15-4-7-21-18(25)17(15)26-19)11-22-16(10-12)24-8-5-14(20)6-9-24/h10-11,14H,2-9H2,1H3,(H,21,25)/b12-10-,13-11+,22-16-. The van der Waals surface area contributed by atoms with Crippen molar-refractivity contribution in [2.24, 2.45) is 4.99 Å². The fourth-order valence-electron chi connectivity index (χ4n) is 3.49. The van der Waals surface area contributed by atoms with Crippen molar-refractivity contribution >= 4 is 28.7 Å². The molecule has 0 aliphatic carbocycles. The van der Waals surface area contributed by atoms with Gasteiger partial charge in [0, 0.05) is 37.8 Å². The van der Waals surface area contributed by atoms with E-state index in [4.69, 9.17) is 9.98 Å². The highest BCUT2D eigenvalue weighted by Crippen LogP contribution is 2.31. The molecule has 0 spiro atoms. The highest BCUT2D eigenvalue weighted by molar-refractivity contribution is 7.14. The number of allylic oxidation sites excluding steroid dienone is 2. The Balaban J connectivity index is 1.62. The smallest absolute Gasteiger partial charge is 0.263 e. The van der Waals surface area contributed by atoms with E-state index in [-0.39, 0.29) is 5.91 Å². The van der Waals surface area contributed by atoms with E-state index in [0.717, 1.165) is 46.2 Å². The van der Waals surface area contributed by atoms with Crippen LogP contribution in [0.1, 0.15) is 53.0 Å². The zero-order valence-electron chi connectivity index (χ0n) is 14.9. The van der Waals surface area contributed by atoms with Gasteiger partial charge in [0.15, 0.2) is 0 Å². The number of hydrogen-bond acceptors (Lipinski definition) is 5. The summed E-state index contributed by atoms with van der Waals surface area (Å²) in [7, 11) is 0. The van der Waals surface area contributed by atoms with Crippen LogP contribution >= 0.6 is 11.3 Å². The van der Waals surface area contributed by atoms with E-state index < -0.39 is 6.17 Å². The molecule has 1 N–H and O–H groups in total. The minimum absolute atomic E-state index is 0.0178. The summed E-state index contributed by atoms with van der Waals surface area (Å²) < 4.78 is 13.4. The topological polar surface area (TPSA) is 57.6 Å². The van der Waals surface area contributed by atoms with E-state index in [1.54, 1.807) is 0 Å². The summed E-state index contributed by atoms with van der Waals surface area (Å²) in [5, 5.41) is 3.77. The van der Waals surface area contributed by atoms with Crippen molar-refractivity contribution in [1.29, 1.82) is 0 Å². The Morgan fingerprint density at radius 1 is 1.27 bits per heavy atom. The number of alkyl halides is 1. The predicted molar refractivity (Wildman–Crippen MR) is 102 cm³/mol. The molecule has 1 aromatic heterocycles. The largest absolute Gasteiger partial charge is 0.356 e. The molecular weight excluding hydrogens is 351 g/mol. The van der Waals surface area contributed by atoms with Crippen molar-refractivity contribution in [2.75, 3.05) is 19.6 Å². The van der Waals surface area contributed by atoms with Gasteiger partial charge in [0.25, 0.3) is 5.91 Å². The van der Waals surface area contributed by atoms with Crippen LogP contribution in [0.2, 0.25) is 0 Å². The highest BCUT2D eigenvalue weighted by Gasteiger charge is 2.24. The third-order valence-electron chi connectivity index (χ3n) is 5.09. The fraction of sp³-hybridized carbons (Fsp3) is 0.526. The van der Waals surface area contributed by atoms with Crippen LogP contribution in [0.3, 0.4) is 0 Å². The number of halogens is 1. The lowest BCUT2D eigenvalue weighted by molar-refractivity contribution is 0.0950. The molecule has 0 unspecified atom stereocenters. The number of aliphatic imine (C=N–C) groups is 1. The highest BCUT2D eigenvalue weighted by atomic mass is 32.1. The van der Waals surface area contributed by atoms with Gasteiger partial charge in [-0.3, -0.25) is 4.79 Å². The van der Waals surface area contributed by atoms with Crippen LogP contribution in [-0.2, 0) is 6.42 Å². The first-order chi connectivity index (χ1) is 12.6. The third kappa shape index (κ3) is 3.58. The molecule has 0 bridgehead atoms. The molecule has 1 amide bonds. The molecule has 3 aliphatic heterocycles. The van der Waals surface area contributed by atoms with Gasteiger partial charge in [-0.25, -0.2) is 14.4 Å². The van der Waals surface area contributed by atoms with Gasteiger partial charge in [0.05, 0.1) is 5.69 Å². The van der Waals surface area contributed by atoms with Crippen LogP contribution < -0.4 is 5.32 Å². The van der Waals surface area contributed by atoms with E-state index in [1.807, 2.05) is 6.20 Å². The molecule has 26 heavy (non-hydrogen) atoms. The van der Waals surface area contributed by atoms with Crippen LogP contribution in [0.4, 0.5) is 4.39 Å². The summed E-state index contributed by atoms with van der Waals surface area (Å²) in [6.45, 7) is 4.18. The molecule has 0 aromatic carbocycles. The number of fused-ring (bicyclic) bond motifs is 1. The van der Waals surface area contributed by atoms with E-state index in [1.165, 1.54) is 16.9 Å². The second kappa shape index (κ2) is 7.31. The molecule has 1 fully saturated rings. The number of thiazole rings is 1. The number of carbonyl (C=O) groups excluding carboxylic acids is 1. The van der Waals surface area contributed by atoms with E-state index in [0.29, 0.717) is 32.5 Å². The van der Waals surface area contributed by atoms with Crippen LogP contribution in [0.15, 0.2) is 22.8 Å². The van der Waals surface area contributed by atoms with Gasteiger partial charge in [0.2, 0.25) is 0 Å². The van der Waals surface area contributed by atoms with Crippen molar-refractivity contribution in [3.63, 3.8) is 0 Å². The Morgan fingerprint density at radius 2 is 2.08 bits per heavy atom. The summed E-state index contributed by atoms with van der Waals surface area (Å²) in [6, 6.07) is 0. The number of rotatable bonds is 1. The zero-order chi connectivity index (χ0) is 18.1. The van der Waals surface area contributed by atoms with Crippen molar-refractivity contribution in [3.05, 3.63) is 33.4 Å². The summed E-state index contributed by atoms with van der Waals surface area (Å²) in [5.41, 5.74) is 3.23. The maximum atomic E-state index is 13.4. The van der Waals surface area contributed by atoms with Gasteiger partial charge in [-0.1, -0.05) is 5.57 Å². The second-order valence-electron chi connectivity index (χ2n) is 7.09. The summed E-state index contributed by atoms with van der Waals surface area (Å²) in [5.74, 6) is 0.890. The average molecular weight is 374 g/mol. The van der Waals surface area contributed by atoms with Crippen molar-refractivity contribution in [2.45, 2.75) is 45.2 Å². The number of amidine groups is 1. The number of nitrogens with one attached hydrogen (secondary N) is 1. The Morgan fingerprint density at radius 3 is 2.85 bits per heavy atom. The molecule has 5 nitrogen and oxygen atoms in total. The minimum atomic E-state index is -0.690. The normalized spacial score (nSPS) is 27.8. The minimum Gasteiger partial charge on any atom is -0.356 e. The summed E-state index contributed by atoms with van der Waals surface area (Å²) in [4.78, 5) is 24.3. The lowest BCUT2D eigenvalue weighted by Gasteiger charge is -2.30. The summed E-state index contributed by atoms with van der Waals surface area (Å²) in [6.07, 6.45) is 7.03. The average Bonchev–Trinajstić information content (AvgIpc) is 3.05. The quantitative estimate of drug-likeness (QED) is 0.820. The fourth-order valence-corrected chi connectivity index (χ4v) is 4.56. The molecule has 0 radical (unpaired) electrons. The Bertz CT molecular complexity index is 802. The van der Waals surface area contributed by atoms with Gasteiger partial charge in [-0.2, -0.15) is 0 Å². The molecule has 3 aliphatic rings. The van der Waals surface area contributed by atoms with Crippen LogP contribution in [0.25, 0.3) is 5.57 Å². The molecule has 1 saturated heterocycles. The number of hydrogen-bond donors (Lipinski definition) is 1. The molecule has 138 valence electrons. The maximum absolute atomic E-state index is 13.4. The maximum Gasteiger partial charge on any atom is 0.263 e. The molecule has 0 atom stereocenters. The number of carbonyl (C=O) groups is 1. The first kappa shape index (κ1) is 17.4. The van der Waals surface area contributed by atoms with Gasteiger partial charge >= 0.3 is 0 Å². The zero-order valence-corrected chi connectivity index (χ0v) is 15.7. The van der Waals surface area contributed by atoms with Crippen molar-refractivity contribution < 1.29 is 9.18 Å². The van der Waals surface area contributed by atoms with Crippen LogP contribution in [0, 0.1) is 0 Å². The lowest BCUT2D eigenvalue weighted by Crippen LogP contribution is -2.38.